The number of benzene rings is 1. The van der Waals surface area contributed by atoms with Crippen LogP contribution in [0, 0.1) is 5.92 Å². The zero-order chi connectivity index (χ0) is 14.4. The molecule has 1 heterocycles. The highest BCUT2D eigenvalue weighted by Gasteiger charge is 2.23. The van der Waals surface area contributed by atoms with E-state index in [-0.39, 0.29) is 0 Å². The van der Waals surface area contributed by atoms with Gasteiger partial charge in [0.2, 0.25) is 0 Å². The maximum Gasteiger partial charge on any atom is 0.124 e. The van der Waals surface area contributed by atoms with Gasteiger partial charge >= 0.3 is 0 Å². The van der Waals surface area contributed by atoms with Gasteiger partial charge in [-0.2, -0.15) is 0 Å². The topological polar surface area (TPSA) is 33.7 Å². The van der Waals surface area contributed by atoms with Crippen LogP contribution in [0.5, 0.6) is 11.5 Å². The fourth-order valence-electron chi connectivity index (χ4n) is 2.69. The highest BCUT2D eigenvalue weighted by atomic mass is 16.5. The summed E-state index contributed by atoms with van der Waals surface area (Å²) in [7, 11) is 3.39. The Hall–Kier alpha value is -1.42. The zero-order valence-electron chi connectivity index (χ0n) is 12.8. The molecule has 112 valence electrons. The van der Waals surface area contributed by atoms with E-state index < -0.39 is 0 Å². The van der Waals surface area contributed by atoms with Crippen molar-refractivity contribution < 1.29 is 9.47 Å². The van der Waals surface area contributed by atoms with Gasteiger partial charge in [0.25, 0.3) is 0 Å². The summed E-state index contributed by atoms with van der Waals surface area (Å²) in [4.78, 5) is 2.42. The molecule has 1 aliphatic heterocycles. The number of rotatable bonds is 7. The molecular formula is C16H26N2O2. The molecule has 2 rings (SSSR count). The second kappa shape index (κ2) is 7.39. The van der Waals surface area contributed by atoms with Gasteiger partial charge < -0.3 is 19.7 Å². The van der Waals surface area contributed by atoms with Crippen LogP contribution in [-0.2, 0) is 0 Å². The summed E-state index contributed by atoms with van der Waals surface area (Å²) in [5, 5.41) is 3.52. The smallest absolute Gasteiger partial charge is 0.124 e. The lowest BCUT2D eigenvalue weighted by Gasteiger charge is -2.20. The third kappa shape index (κ3) is 3.79. The summed E-state index contributed by atoms with van der Waals surface area (Å²) in [6.07, 6.45) is 2.44. The predicted octanol–water partition coefficient (Wildman–Crippen LogP) is 2.53. The van der Waals surface area contributed by atoms with Crippen molar-refractivity contribution in [3.05, 3.63) is 18.2 Å². The molecule has 20 heavy (non-hydrogen) atoms. The van der Waals surface area contributed by atoms with Gasteiger partial charge in [-0.3, -0.25) is 0 Å². The Bertz CT molecular complexity index is 401. The van der Waals surface area contributed by atoms with Crippen molar-refractivity contribution in [1.82, 2.24) is 5.32 Å². The van der Waals surface area contributed by atoms with Gasteiger partial charge in [0, 0.05) is 37.0 Å². The second-order valence-electron chi connectivity index (χ2n) is 5.38. The highest BCUT2D eigenvalue weighted by Crippen LogP contribution is 2.31. The molecule has 1 N–H and O–H groups in total. The predicted molar refractivity (Wildman–Crippen MR) is 83.0 cm³/mol. The van der Waals surface area contributed by atoms with E-state index in [1.54, 1.807) is 14.2 Å². The molecule has 1 atom stereocenters. The van der Waals surface area contributed by atoms with Gasteiger partial charge in [0.1, 0.15) is 11.5 Å². The largest absolute Gasteiger partial charge is 0.497 e. The van der Waals surface area contributed by atoms with Crippen molar-refractivity contribution >= 4 is 5.69 Å². The Balaban J connectivity index is 1.98. The van der Waals surface area contributed by atoms with E-state index in [9.17, 15) is 0 Å². The van der Waals surface area contributed by atoms with Crippen LogP contribution in [0.15, 0.2) is 18.2 Å². The fourth-order valence-corrected chi connectivity index (χ4v) is 2.69. The molecule has 0 radical (unpaired) electrons. The Labute approximate surface area is 122 Å². The molecular weight excluding hydrogens is 252 g/mol. The maximum absolute atomic E-state index is 5.34. The van der Waals surface area contributed by atoms with Crippen LogP contribution in [0.2, 0.25) is 0 Å². The molecule has 1 aromatic rings. The van der Waals surface area contributed by atoms with E-state index in [0.717, 1.165) is 43.6 Å². The van der Waals surface area contributed by atoms with Crippen molar-refractivity contribution in [2.24, 2.45) is 5.92 Å². The minimum absolute atomic E-state index is 0.735. The summed E-state index contributed by atoms with van der Waals surface area (Å²) in [6.45, 7) is 6.65. The van der Waals surface area contributed by atoms with Crippen molar-refractivity contribution in [3.8, 4) is 11.5 Å². The van der Waals surface area contributed by atoms with Crippen LogP contribution in [0.1, 0.15) is 19.8 Å². The molecule has 4 nitrogen and oxygen atoms in total. The summed E-state index contributed by atoms with van der Waals surface area (Å²) in [6, 6.07) is 6.09. The molecule has 0 amide bonds. The summed E-state index contributed by atoms with van der Waals surface area (Å²) in [5.74, 6) is 2.44. The average molecular weight is 278 g/mol. The lowest BCUT2D eigenvalue weighted by molar-refractivity contribution is 0.394. The molecule has 1 aliphatic rings. The molecule has 0 spiro atoms. The monoisotopic (exact) mass is 278 g/mol. The van der Waals surface area contributed by atoms with Gasteiger partial charge in [0.05, 0.1) is 14.2 Å². The first kappa shape index (κ1) is 15.0. The Morgan fingerprint density at radius 2 is 1.90 bits per heavy atom. The number of nitrogens with one attached hydrogen (secondary N) is 1. The third-order valence-corrected chi connectivity index (χ3v) is 3.85. The molecule has 0 saturated carbocycles. The van der Waals surface area contributed by atoms with E-state index in [1.165, 1.54) is 18.5 Å². The minimum atomic E-state index is 0.735. The Morgan fingerprint density at radius 1 is 1.20 bits per heavy atom. The van der Waals surface area contributed by atoms with Gasteiger partial charge in [-0.25, -0.2) is 0 Å². The van der Waals surface area contributed by atoms with Crippen LogP contribution in [-0.4, -0.2) is 40.4 Å². The lowest BCUT2D eigenvalue weighted by Crippen LogP contribution is -2.26. The van der Waals surface area contributed by atoms with Crippen molar-refractivity contribution in [2.75, 3.05) is 45.3 Å². The van der Waals surface area contributed by atoms with E-state index in [1.807, 2.05) is 6.07 Å². The van der Waals surface area contributed by atoms with Crippen LogP contribution in [0.25, 0.3) is 0 Å². The average Bonchev–Trinajstić information content (AvgIpc) is 2.96. The van der Waals surface area contributed by atoms with Crippen molar-refractivity contribution in [3.63, 3.8) is 0 Å². The molecule has 4 heteroatoms. The lowest BCUT2D eigenvalue weighted by atomic mass is 10.1. The molecule has 0 aliphatic carbocycles. The zero-order valence-corrected chi connectivity index (χ0v) is 12.8. The third-order valence-electron chi connectivity index (χ3n) is 3.85. The van der Waals surface area contributed by atoms with Crippen LogP contribution >= 0.6 is 0 Å². The summed E-state index contributed by atoms with van der Waals surface area (Å²) in [5.41, 5.74) is 1.19. The first-order valence-corrected chi connectivity index (χ1v) is 7.45. The Kier molecular flexibility index (Phi) is 5.53. The molecule has 0 bridgehead atoms. The van der Waals surface area contributed by atoms with Crippen molar-refractivity contribution in [2.45, 2.75) is 19.8 Å². The minimum Gasteiger partial charge on any atom is -0.497 e. The van der Waals surface area contributed by atoms with E-state index in [4.69, 9.17) is 9.47 Å². The number of hydrogen-bond donors (Lipinski definition) is 1. The number of ether oxygens (including phenoxy) is 2. The van der Waals surface area contributed by atoms with Gasteiger partial charge in [0.15, 0.2) is 0 Å². The van der Waals surface area contributed by atoms with E-state index >= 15 is 0 Å². The summed E-state index contributed by atoms with van der Waals surface area (Å²) >= 11 is 0. The molecule has 0 aromatic heterocycles. The first-order valence-electron chi connectivity index (χ1n) is 7.45. The number of anilines is 1. The molecule has 1 fully saturated rings. The molecule has 1 aromatic carbocycles. The SMILES string of the molecule is CCCNCC1CCN(c2cc(OC)cc(OC)c2)C1. The Morgan fingerprint density at radius 3 is 2.50 bits per heavy atom. The van der Waals surface area contributed by atoms with Gasteiger partial charge in [-0.15, -0.1) is 0 Å². The number of hydrogen-bond acceptors (Lipinski definition) is 4. The quantitative estimate of drug-likeness (QED) is 0.777. The van der Waals surface area contributed by atoms with Crippen molar-refractivity contribution in [1.29, 1.82) is 0 Å². The second-order valence-corrected chi connectivity index (χ2v) is 5.38. The van der Waals surface area contributed by atoms with Crippen LogP contribution in [0.3, 0.4) is 0 Å². The number of methoxy groups -OCH3 is 2. The normalized spacial score (nSPS) is 18.4. The fraction of sp³-hybridized carbons (Fsp3) is 0.625. The van der Waals surface area contributed by atoms with Gasteiger partial charge in [-0.1, -0.05) is 6.92 Å². The van der Waals surface area contributed by atoms with E-state index in [0.29, 0.717) is 0 Å². The first-order chi connectivity index (χ1) is 9.76. The standard InChI is InChI=1S/C16H26N2O2/c1-4-6-17-11-13-5-7-18(12-13)14-8-15(19-2)10-16(9-14)20-3/h8-10,13,17H,4-7,11-12H2,1-3H3. The van der Waals surface area contributed by atoms with Crippen LogP contribution in [0.4, 0.5) is 5.69 Å². The molecule has 1 unspecified atom stereocenters. The molecule has 1 saturated heterocycles. The van der Waals surface area contributed by atoms with Crippen LogP contribution < -0.4 is 19.7 Å². The maximum atomic E-state index is 5.34. The number of nitrogens with zero attached hydrogens (tertiary/aromatic N) is 1. The van der Waals surface area contributed by atoms with Gasteiger partial charge in [-0.05, 0) is 31.8 Å². The van der Waals surface area contributed by atoms with E-state index in [2.05, 4.69) is 29.3 Å². The summed E-state index contributed by atoms with van der Waals surface area (Å²) < 4.78 is 10.7. The highest BCUT2D eigenvalue weighted by molar-refractivity contribution is 5.56.